The molecule has 2 unspecified atom stereocenters. The second-order valence-corrected chi connectivity index (χ2v) is 7.32. The molecule has 27 heavy (non-hydrogen) atoms. The molecule has 1 aromatic carbocycles. The van der Waals surface area contributed by atoms with Crippen molar-refractivity contribution < 1.29 is 4.74 Å². The lowest BCUT2D eigenvalue weighted by Crippen LogP contribution is -2.40. The van der Waals surface area contributed by atoms with E-state index in [0.717, 1.165) is 45.2 Å². The van der Waals surface area contributed by atoms with Crippen LogP contribution in [0.3, 0.4) is 0 Å². The molecule has 2 saturated heterocycles. The zero-order valence-electron chi connectivity index (χ0n) is 16.5. The molecule has 152 valence electrons. The summed E-state index contributed by atoms with van der Waals surface area (Å²) in [4.78, 5) is 7.44. The van der Waals surface area contributed by atoms with Gasteiger partial charge in [0.05, 0.1) is 12.6 Å². The summed E-state index contributed by atoms with van der Waals surface area (Å²) in [6.45, 7) is 7.94. The molecule has 0 aliphatic carbocycles. The minimum absolute atomic E-state index is 0. The van der Waals surface area contributed by atoms with Gasteiger partial charge < -0.3 is 15.4 Å². The number of hydrogen-bond acceptors (Lipinski definition) is 3. The standard InChI is InChI=1S/C21H34N4O.HI/c1-2-22-21(23-13-12-20-11-7-15-26-20)24-16-19-10-6-14-25(19)17-18-8-4-3-5-9-18;/h3-5,8-9,19-20H,2,6-7,10-17H2,1H3,(H2,22,23,24);1H. The lowest BCUT2D eigenvalue weighted by molar-refractivity contribution is 0.105. The molecule has 0 radical (unpaired) electrons. The van der Waals surface area contributed by atoms with Crippen LogP contribution < -0.4 is 10.6 Å². The van der Waals surface area contributed by atoms with E-state index in [1.807, 2.05) is 0 Å². The van der Waals surface area contributed by atoms with Crippen molar-refractivity contribution in [2.45, 2.75) is 57.7 Å². The van der Waals surface area contributed by atoms with Crippen molar-refractivity contribution in [3.05, 3.63) is 35.9 Å². The van der Waals surface area contributed by atoms with Crippen LogP contribution in [0.1, 0.15) is 44.6 Å². The third-order valence-electron chi connectivity index (χ3n) is 5.31. The Morgan fingerprint density at radius 1 is 1.19 bits per heavy atom. The molecule has 2 atom stereocenters. The van der Waals surface area contributed by atoms with E-state index < -0.39 is 0 Å². The van der Waals surface area contributed by atoms with Crippen LogP contribution in [-0.4, -0.2) is 55.8 Å². The van der Waals surface area contributed by atoms with Gasteiger partial charge in [-0.15, -0.1) is 24.0 Å². The maximum absolute atomic E-state index is 5.70. The first-order valence-electron chi connectivity index (χ1n) is 10.3. The SMILES string of the molecule is CCNC(=NCC1CCCN1Cc1ccccc1)NCCC1CCCO1.I. The Kier molecular flexibility index (Phi) is 10.4. The predicted molar refractivity (Wildman–Crippen MR) is 123 cm³/mol. The first-order chi connectivity index (χ1) is 12.8. The predicted octanol–water partition coefficient (Wildman–Crippen LogP) is 3.39. The maximum atomic E-state index is 5.70. The number of guanidine groups is 1. The van der Waals surface area contributed by atoms with Crippen molar-refractivity contribution in [1.29, 1.82) is 0 Å². The number of aliphatic imine (C=N–C) groups is 1. The number of benzene rings is 1. The monoisotopic (exact) mass is 486 g/mol. The molecular weight excluding hydrogens is 451 g/mol. The van der Waals surface area contributed by atoms with Crippen LogP contribution in [0.25, 0.3) is 0 Å². The van der Waals surface area contributed by atoms with Gasteiger partial charge in [-0.25, -0.2) is 0 Å². The number of nitrogens with zero attached hydrogens (tertiary/aromatic N) is 2. The topological polar surface area (TPSA) is 48.9 Å². The minimum Gasteiger partial charge on any atom is -0.378 e. The van der Waals surface area contributed by atoms with Crippen LogP contribution in [-0.2, 0) is 11.3 Å². The molecule has 0 amide bonds. The molecule has 3 rings (SSSR count). The van der Waals surface area contributed by atoms with Crippen molar-refractivity contribution in [2.24, 2.45) is 4.99 Å². The van der Waals surface area contributed by atoms with Gasteiger partial charge >= 0.3 is 0 Å². The lowest BCUT2D eigenvalue weighted by Gasteiger charge is -2.23. The van der Waals surface area contributed by atoms with Gasteiger partial charge in [0.15, 0.2) is 5.96 Å². The molecule has 2 aliphatic rings. The van der Waals surface area contributed by atoms with Crippen LogP contribution in [0.5, 0.6) is 0 Å². The summed E-state index contributed by atoms with van der Waals surface area (Å²) in [6.07, 6.45) is 6.42. The highest BCUT2D eigenvalue weighted by atomic mass is 127. The average Bonchev–Trinajstić information content (AvgIpc) is 3.33. The van der Waals surface area contributed by atoms with Crippen molar-refractivity contribution in [1.82, 2.24) is 15.5 Å². The smallest absolute Gasteiger partial charge is 0.191 e. The molecule has 0 saturated carbocycles. The van der Waals surface area contributed by atoms with Crippen molar-refractivity contribution >= 4 is 29.9 Å². The summed E-state index contributed by atoms with van der Waals surface area (Å²) in [5.41, 5.74) is 1.39. The van der Waals surface area contributed by atoms with Gasteiger partial charge in [-0.05, 0) is 51.1 Å². The van der Waals surface area contributed by atoms with E-state index in [-0.39, 0.29) is 24.0 Å². The molecule has 0 spiro atoms. The van der Waals surface area contributed by atoms with Crippen LogP contribution in [0.4, 0.5) is 0 Å². The van der Waals surface area contributed by atoms with Gasteiger partial charge in [0, 0.05) is 32.3 Å². The average molecular weight is 486 g/mol. The molecule has 5 nitrogen and oxygen atoms in total. The zero-order valence-corrected chi connectivity index (χ0v) is 18.9. The Bertz CT molecular complexity index is 548. The van der Waals surface area contributed by atoms with E-state index in [1.165, 1.54) is 37.8 Å². The minimum atomic E-state index is 0. The Morgan fingerprint density at radius 2 is 2.04 bits per heavy atom. The number of rotatable bonds is 8. The van der Waals surface area contributed by atoms with E-state index in [0.29, 0.717) is 12.1 Å². The summed E-state index contributed by atoms with van der Waals surface area (Å²) in [6, 6.07) is 11.3. The maximum Gasteiger partial charge on any atom is 0.191 e. The molecule has 0 bridgehead atoms. The molecule has 6 heteroatoms. The number of likely N-dealkylation sites (tertiary alicyclic amines) is 1. The molecule has 0 aromatic heterocycles. The van der Waals surface area contributed by atoms with E-state index in [9.17, 15) is 0 Å². The Hall–Kier alpha value is -0.860. The van der Waals surface area contributed by atoms with Crippen LogP contribution in [0, 0.1) is 0 Å². The Morgan fingerprint density at radius 3 is 2.78 bits per heavy atom. The number of nitrogens with one attached hydrogen (secondary N) is 2. The fourth-order valence-electron chi connectivity index (χ4n) is 3.89. The summed E-state index contributed by atoms with van der Waals surface area (Å²) < 4.78 is 5.70. The lowest BCUT2D eigenvalue weighted by atomic mass is 10.2. The second-order valence-electron chi connectivity index (χ2n) is 7.32. The van der Waals surface area contributed by atoms with Crippen molar-refractivity contribution in [3.8, 4) is 0 Å². The van der Waals surface area contributed by atoms with Gasteiger partial charge in [-0.1, -0.05) is 30.3 Å². The van der Waals surface area contributed by atoms with Gasteiger partial charge in [0.2, 0.25) is 0 Å². The number of hydrogen-bond donors (Lipinski definition) is 2. The molecule has 2 N–H and O–H groups in total. The normalized spacial score (nSPS) is 23.2. The summed E-state index contributed by atoms with van der Waals surface area (Å²) >= 11 is 0. The van der Waals surface area contributed by atoms with E-state index in [4.69, 9.17) is 9.73 Å². The molecule has 2 aliphatic heterocycles. The Labute approximate surface area is 181 Å². The summed E-state index contributed by atoms with van der Waals surface area (Å²) in [7, 11) is 0. The molecule has 2 heterocycles. The van der Waals surface area contributed by atoms with Crippen molar-refractivity contribution in [2.75, 3.05) is 32.8 Å². The second kappa shape index (κ2) is 12.6. The summed E-state index contributed by atoms with van der Waals surface area (Å²) in [5, 5.41) is 6.85. The fourth-order valence-corrected chi connectivity index (χ4v) is 3.89. The number of halogens is 1. The van der Waals surface area contributed by atoms with Gasteiger partial charge in [-0.2, -0.15) is 0 Å². The Balaban J connectivity index is 0.00000261. The van der Waals surface area contributed by atoms with E-state index >= 15 is 0 Å². The third-order valence-corrected chi connectivity index (χ3v) is 5.31. The van der Waals surface area contributed by atoms with Crippen molar-refractivity contribution in [3.63, 3.8) is 0 Å². The summed E-state index contributed by atoms with van der Waals surface area (Å²) in [5.74, 6) is 0.942. The van der Waals surface area contributed by atoms with Crippen LogP contribution >= 0.6 is 24.0 Å². The highest BCUT2D eigenvalue weighted by Gasteiger charge is 2.24. The highest BCUT2D eigenvalue weighted by molar-refractivity contribution is 14.0. The van der Waals surface area contributed by atoms with Crippen LogP contribution in [0.2, 0.25) is 0 Å². The van der Waals surface area contributed by atoms with Gasteiger partial charge in [0.1, 0.15) is 0 Å². The highest BCUT2D eigenvalue weighted by Crippen LogP contribution is 2.20. The first-order valence-corrected chi connectivity index (χ1v) is 10.3. The molecule has 1 aromatic rings. The van der Waals surface area contributed by atoms with Crippen LogP contribution in [0.15, 0.2) is 35.3 Å². The molecule has 2 fully saturated rings. The molecular formula is C21H35IN4O. The van der Waals surface area contributed by atoms with E-state index in [2.05, 4.69) is 52.8 Å². The number of ether oxygens (including phenoxy) is 1. The van der Waals surface area contributed by atoms with E-state index in [1.54, 1.807) is 0 Å². The quantitative estimate of drug-likeness (QED) is 0.336. The van der Waals surface area contributed by atoms with Gasteiger partial charge in [0.25, 0.3) is 0 Å². The van der Waals surface area contributed by atoms with Gasteiger partial charge in [-0.3, -0.25) is 9.89 Å². The third kappa shape index (κ3) is 7.58. The largest absolute Gasteiger partial charge is 0.378 e. The zero-order chi connectivity index (χ0) is 18.0. The fraction of sp³-hybridized carbons (Fsp3) is 0.667. The first kappa shape index (κ1) is 22.4.